The van der Waals surface area contributed by atoms with E-state index in [4.69, 9.17) is 0 Å². The van der Waals surface area contributed by atoms with Crippen molar-refractivity contribution >= 4 is 33.6 Å². The molecule has 4 heteroatoms. The van der Waals surface area contributed by atoms with E-state index in [1.165, 1.54) is 5.56 Å². The van der Waals surface area contributed by atoms with Gasteiger partial charge in [0.05, 0.1) is 11.8 Å². The summed E-state index contributed by atoms with van der Waals surface area (Å²) in [6.07, 6.45) is 0. The molecule has 0 spiro atoms. The van der Waals surface area contributed by atoms with Crippen molar-refractivity contribution in [3.63, 3.8) is 0 Å². The van der Waals surface area contributed by atoms with Crippen LogP contribution in [0.15, 0.2) is 59.1 Å². The number of amides is 1. The van der Waals surface area contributed by atoms with Crippen molar-refractivity contribution in [2.75, 3.05) is 5.75 Å². The largest absolute Gasteiger partial charge is 0.349 e. The Balaban J connectivity index is 1.84. The van der Waals surface area contributed by atoms with Crippen molar-refractivity contribution < 1.29 is 4.79 Å². The molecule has 2 atom stereocenters. The second kappa shape index (κ2) is 8.39. The van der Waals surface area contributed by atoms with Crippen LogP contribution in [0.3, 0.4) is 0 Å². The number of nitrogens with one attached hydrogen (secondary N) is 1. The van der Waals surface area contributed by atoms with Crippen LogP contribution in [-0.4, -0.2) is 11.7 Å². The van der Waals surface area contributed by atoms with Gasteiger partial charge in [-0.15, -0.1) is 11.8 Å². The Morgan fingerprint density at radius 3 is 2.41 bits per heavy atom. The van der Waals surface area contributed by atoms with Crippen LogP contribution >= 0.6 is 27.7 Å². The zero-order valence-electron chi connectivity index (χ0n) is 12.8. The van der Waals surface area contributed by atoms with Crippen molar-refractivity contribution in [3.8, 4) is 0 Å². The van der Waals surface area contributed by atoms with E-state index in [1.54, 1.807) is 11.8 Å². The SMILES string of the molecule is C[C@H](NC(=O)CS[C@@H](C)c1ccccc1)c1ccccc1Br. The minimum Gasteiger partial charge on any atom is -0.349 e. The molecule has 0 bridgehead atoms. The maximum Gasteiger partial charge on any atom is 0.230 e. The molecule has 0 unspecified atom stereocenters. The lowest BCUT2D eigenvalue weighted by atomic mass is 10.1. The molecular weight excluding hydrogens is 358 g/mol. The van der Waals surface area contributed by atoms with E-state index in [0.29, 0.717) is 11.0 Å². The highest BCUT2D eigenvalue weighted by Crippen LogP contribution is 2.28. The standard InChI is InChI=1S/C18H20BrNOS/c1-13(16-10-6-7-11-17(16)19)20-18(21)12-22-14(2)15-8-4-3-5-9-15/h3-11,13-14H,12H2,1-2H3,(H,20,21)/t13-,14-/m0/s1. The average molecular weight is 378 g/mol. The van der Waals surface area contributed by atoms with Crippen molar-refractivity contribution in [1.82, 2.24) is 5.32 Å². The smallest absolute Gasteiger partial charge is 0.230 e. The number of thioether (sulfide) groups is 1. The first-order chi connectivity index (χ1) is 10.6. The van der Waals surface area contributed by atoms with Gasteiger partial charge in [-0.3, -0.25) is 4.79 Å². The van der Waals surface area contributed by atoms with Gasteiger partial charge in [0.15, 0.2) is 0 Å². The molecule has 0 aromatic heterocycles. The monoisotopic (exact) mass is 377 g/mol. The number of rotatable bonds is 6. The third-order valence-electron chi connectivity index (χ3n) is 3.48. The van der Waals surface area contributed by atoms with Gasteiger partial charge in [0.2, 0.25) is 5.91 Å². The summed E-state index contributed by atoms with van der Waals surface area (Å²) >= 11 is 5.18. The minimum absolute atomic E-state index is 0.00398. The molecule has 0 radical (unpaired) electrons. The topological polar surface area (TPSA) is 29.1 Å². The van der Waals surface area contributed by atoms with Crippen LogP contribution in [-0.2, 0) is 4.79 Å². The van der Waals surface area contributed by atoms with E-state index in [2.05, 4.69) is 40.3 Å². The highest BCUT2D eigenvalue weighted by molar-refractivity contribution is 9.10. The van der Waals surface area contributed by atoms with E-state index in [-0.39, 0.29) is 11.9 Å². The molecule has 1 amide bonds. The van der Waals surface area contributed by atoms with Gasteiger partial charge in [-0.25, -0.2) is 0 Å². The Labute approximate surface area is 144 Å². The Kier molecular flexibility index (Phi) is 6.52. The van der Waals surface area contributed by atoms with Crippen LogP contribution in [0.1, 0.15) is 36.3 Å². The van der Waals surface area contributed by atoms with Gasteiger partial charge in [-0.2, -0.15) is 0 Å². The van der Waals surface area contributed by atoms with Crippen molar-refractivity contribution in [2.24, 2.45) is 0 Å². The van der Waals surface area contributed by atoms with Crippen LogP contribution in [0.5, 0.6) is 0 Å². The van der Waals surface area contributed by atoms with Gasteiger partial charge in [-0.1, -0.05) is 64.5 Å². The molecule has 116 valence electrons. The lowest BCUT2D eigenvalue weighted by Crippen LogP contribution is -2.28. The van der Waals surface area contributed by atoms with Gasteiger partial charge in [-0.05, 0) is 31.0 Å². The average Bonchev–Trinajstić information content (AvgIpc) is 2.53. The van der Waals surface area contributed by atoms with Crippen molar-refractivity contribution in [2.45, 2.75) is 25.1 Å². The fourth-order valence-electron chi connectivity index (χ4n) is 2.21. The highest BCUT2D eigenvalue weighted by Gasteiger charge is 2.13. The number of benzene rings is 2. The van der Waals surface area contributed by atoms with E-state index < -0.39 is 0 Å². The lowest BCUT2D eigenvalue weighted by molar-refractivity contribution is -0.119. The Hall–Kier alpha value is -1.26. The molecule has 0 heterocycles. The quantitative estimate of drug-likeness (QED) is 0.756. The Bertz CT molecular complexity index is 617. The third kappa shape index (κ3) is 4.89. The molecule has 0 saturated carbocycles. The molecule has 2 aromatic rings. The molecule has 2 rings (SSSR count). The molecule has 0 aliphatic carbocycles. The summed E-state index contributed by atoms with van der Waals surface area (Å²) in [6.45, 7) is 4.13. The van der Waals surface area contributed by atoms with Gasteiger partial charge in [0.1, 0.15) is 0 Å². The highest BCUT2D eigenvalue weighted by atomic mass is 79.9. The number of hydrogen-bond acceptors (Lipinski definition) is 2. The first-order valence-corrected chi connectivity index (χ1v) is 9.12. The number of halogens is 1. The molecule has 0 saturated heterocycles. The summed E-state index contributed by atoms with van der Waals surface area (Å²) in [5, 5.41) is 3.36. The summed E-state index contributed by atoms with van der Waals surface area (Å²) < 4.78 is 1.02. The van der Waals surface area contributed by atoms with Gasteiger partial charge in [0.25, 0.3) is 0 Å². The molecule has 0 fully saturated rings. The van der Waals surface area contributed by atoms with Crippen LogP contribution < -0.4 is 5.32 Å². The molecule has 1 N–H and O–H groups in total. The normalized spacial score (nSPS) is 13.4. The summed E-state index contributed by atoms with van der Waals surface area (Å²) in [4.78, 5) is 12.1. The van der Waals surface area contributed by atoms with Crippen LogP contribution in [0.2, 0.25) is 0 Å². The fraction of sp³-hybridized carbons (Fsp3) is 0.278. The minimum atomic E-state index is -0.00398. The Morgan fingerprint density at radius 1 is 1.09 bits per heavy atom. The van der Waals surface area contributed by atoms with Crippen molar-refractivity contribution in [1.29, 1.82) is 0 Å². The molecule has 2 nitrogen and oxygen atoms in total. The summed E-state index contributed by atoms with van der Waals surface area (Å²) in [5.74, 6) is 0.529. The van der Waals surface area contributed by atoms with E-state index in [9.17, 15) is 4.79 Å². The predicted octanol–water partition coefficient (Wildman–Crippen LogP) is 5.12. The predicted molar refractivity (Wildman–Crippen MR) is 98.0 cm³/mol. The fourth-order valence-corrected chi connectivity index (χ4v) is 3.67. The van der Waals surface area contributed by atoms with E-state index >= 15 is 0 Å². The van der Waals surface area contributed by atoms with Crippen molar-refractivity contribution in [3.05, 3.63) is 70.2 Å². The summed E-state index contributed by atoms with van der Waals surface area (Å²) in [5.41, 5.74) is 2.34. The number of carbonyl (C=O) groups is 1. The first-order valence-electron chi connectivity index (χ1n) is 7.28. The van der Waals surface area contributed by atoms with Gasteiger partial charge < -0.3 is 5.32 Å². The van der Waals surface area contributed by atoms with Crippen LogP contribution in [0.25, 0.3) is 0 Å². The maximum absolute atomic E-state index is 12.1. The second-order valence-electron chi connectivity index (χ2n) is 5.17. The first kappa shape index (κ1) is 17.1. The maximum atomic E-state index is 12.1. The third-order valence-corrected chi connectivity index (χ3v) is 5.41. The molecule has 2 aromatic carbocycles. The molecule has 0 aliphatic rings. The van der Waals surface area contributed by atoms with Crippen LogP contribution in [0.4, 0.5) is 0 Å². The Morgan fingerprint density at radius 2 is 1.73 bits per heavy atom. The summed E-state index contributed by atoms with van der Waals surface area (Å²) in [7, 11) is 0. The molecular formula is C18H20BrNOS. The zero-order valence-corrected chi connectivity index (χ0v) is 15.2. The van der Waals surface area contributed by atoms with Gasteiger partial charge >= 0.3 is 0 Å². The molecule has 0 aliphatic heterocycles. The zero-order chi connectivity index (χ0) is 15.9. The number of carbonyl (C=O) groups excluding carboxylic acids is 1. The lowest BCUT2D eigenvalue weighted by Gasteiger charge is -2.17. The molecule has 22 heavy (non-hydrogen) atoms. The second-order valence-corrected chi connectivity index (χ2v) is 7.36. The van der Waals surface area contributed by atoms with Gasteiger partial charge in [0, 0.05) is 9.72 Å². The summed E-state index contributed by atoms with van der Waals surface area (Å²) in [6, 6.07) is 18.2. The van der Waals surface area contributed by atoms with E-state index in [1.807, 2.05) is 49.4 Å². The number of hydrogen-bond donors (Lipinski definition) is 1. The van der Waals surface area contributed by atoms with E-state index in [0.717, 1.165) is 10.0 Å². The van der Waals surface area contributed by atoms with Crippen LogP contribution in [0, 0.1) is 0 Å².